The first-order valence-corrected chi connectivity index (χ1v) is 8.06. The van der Waals surface area contributed by atoms with Gasteiger partial charge in [0.05, 0.1) is 4.90 Å². The van der Waals surface area contributed by atoms with E-state index in [-0.39, 0.29) is 10.6 Å². The van der Waals surface area contributed by atoms with Gasteiger partial charge in [-0.2, -0.15) is 0 Å². The highest BCUT2D eigenvalue weighted by molar-refractivity contribution is 9.10. The van der Waals surface area contributed by atoms with E-state index in [0.29, 0.717) is 0 Å². The summed E-state index contributed by atoms with van der Waals surface area (Å²) in [6, 6.07) is 11.6. The van der Waals surface area contributed by atoms with Gasteiger partial charge in [-0.3, -0.25) is 0 Å². The van der Waals surface area contributed by atoms with Gasteiger partial charge < -0.3 is 5.11 Å². The summed E-state index contributed by atoms with van der Waals surface area (Å²) >= 11 is 3.31. The number of rotatable bonds is 3. The van der Waals surface area contributed by atoms with Gasteiger partial charge in [0, 0.05) is 18.6 Å². The fraction of sp³-hybridized carbons (Fsp3) is 0.143. The monoisotopic (exact) mass is 355 g/mol. The SMILES string of the molecule is CN(C)S(=O)(=O)c1ccc(-c2cc(O)cc(Br)c2)cc1. The first-order valence-electron chi connectivity index (χ1n) is 5.83. The van der Waals surface area contributed by atoms with Crippen LogP contribution in [0.3, 0.4) is 0 Å². The van der Waals surface area contributed by atoms with Gasteiger partial charge in [-0.25, -0.2) is 12.7 Å². The van der Waals surface area contributed by atoms with Crippen molar-refractivity contribution in [3.63, 3.8) is 0 Å². The maximum absolute atomic E-state index is 12.0. The van der Waals surface area contributed by atoms with E-state index in [2.05, 4.69) is 15.9 Å². The van der Waals surface area contributed by atoms with Crippen molar-refractivity contribution >= 4 is 26.0 Å². The minimum Gasteiger partial charge on any atom is -0.508 e. The number of benzene rings is 2. The van der Waals surface area contributed by atoms with E-state index < -0.39 is 10.0 Å². The van der Waals surface area contributed by atoms with Crippen LogP contribution in [0.2, 0.25) is 0 Å². The topological polar surface area (TPSA) is 57.6 Å². The molecule has 0 aliphatic carbocycles. The Morgan fingerprint density at radius 3 is 2.10 bits per heavy atom. The molecule has 0 unspecified atom stereocenters. The fourth-order valence-corrected chi connectivity index (χ4v) is 3.15. The molecule has 2 aromatic rings. The molecule has 0 spiro atoms. The summed E-state index contributed by atoms with van der Waals surface area (Å²) in [6.45, 7) is 0. The lowest BCUT2D eigenvalue weighted by atomic mass is 10.1. The summed E-state index contributed by atoms with van der Waals surface area (Å²) < 4.78 is 25.9. The lowest BCUT2D eigenvalue weighted by Gasteiger charge is -2.12. The van der Waals surface area contributed by atoms with E-state index in [9.17, 15) is 13.5 Å². The van der Waals surface area contributed by atoms with E-state index in [0.717, 1.165) is 15.6 Å². The Hall–Kier alpha value is -1.37. The van der Waals surface area contributed by atoms with Crippen molar-refractivity contribution in [1.82, 2.24) is 4.31 Å². The molecule has 0 aliphatic rings. The van der Waals surface area contributed by atoms with Gasteiger partial charge in [0.15, 0.2) is 0 Å². The fourth-order valence-electron chi connectivity index (χ4n) is 1.77. The van der Waals surface area contributed by atoms with E-state index in [1.165, 1.54) is 18.4 Å². The smallest absolute Gasteiger partial charge is 0.242 e. The van der Waals surface area contributed by atoms with Crippen LogP contribution < -0.4 is 0 Å². The van der Waals surface area contributed by atoms with E-state index >= 15 is 0 Å². The number of halogens is 1. The normalized spacial score (nSPS) is 11.8. The van der Waals surface area contributed by atoms with Gasteiger partial charge >= 0.3 is 0 Å². The maximum atomic E-state index is 12.0. The van der Waals surface area contributed by atoms with E-state index in [4.69, 9.17) is 0 Å². The number of sulfonamides is 1. The van der Waals surface area contributed by atoms with E-state index in [1.54, 1.807) is 36.4 Å². The van der Waals surface area contributed by atoms with Crippen LogP contribution in [0.1, 0.15) is 0 Å². The minimum absolute atomic E-state index is 0.152. The van der Waals surface area contributed by atoms with Crippen molar-refractivity contribution < 1.29 is 13.5 Å². The first kappa shape index (κ1) is 15.0. The molecule has 0 bridgehead atoms. The summed E-state index contributed by atoms with van der Waals surface area (Å²) in [6.07, 6.45) is 0. The summed E-state index contributed by atoms with van der Waals surface area (Å²) in [4.78, 5) is 0.241. The molecule has 0 saturated heterocycles. The average molecular weight is 356 g/mol. The average Bonchev–Trinajstić information content (AvgIpc) is 2.37. The molecule has 0 fully saturated rings. The molecule has 2 rings (SSSR count). The highest BCUT2D eigenvalue weighted by Crippen LogP contribution is 2.29. The van der Waals surface area contributed by atoms with Crippen molar-refractivity contribution in [3.8, 4) is 16.9 Å². The van der Waals surface area contributed by atoms with Crippen molar-refractivity contribution in [2.75, 3.05) is 14.1 Å². The zero-order chi connectivity index (χ0) is 14.9. The third kappa shape index (κ3) is 3.03. The first-order chi connectivity index (χ1) is 9.30. The second-order valence-electron chi connectivity index (χ2n) is 4.51. The second kappa shape index (κ2) is 5.55. The molecule has 0 saturated carbocycles. The molecule has 0 radical (unpaired) electrons. The Morgan fingerprint density at radius 2 is 1.60 bits per heavy atom. The predicted molar refractivity (Wildman–Crippen MR) is 82.1 cm³/mol. The van der Waals surface area contributed by atoms with Gasteiger partial charge in [-0.15, -0.1) is 0 Å². The van der Waals surface area contributed by atoms with Crippen LogP contribution in [0.4, 0.5) is 0 Å². The van der Waals surface area contributed by atoms with Crippen LogP contribution in [-0.2, 0) is 10.0 Å². The zero-order valence-electron chi connectivity index (χ0n) is 11.0. The highest BCUT2D eigenvalue weighted by Gasteiger charge is 2.16. The van der Waals surface area contributed by atoms with Crippen LogP contribution in [0, 0.1) is 0 Å². The third-order valence-corrected chi connectivity index (χ3v) is 5.14. The number of phenolic OH excluding ortho intramolecular Hbond substituents is 1. The van der Waals surface area contributed by atoms with Crippen molar-refractivity contribution in [1.29, 1.82) is 0 Å². The molecule has 1 N–H and O–H groups in total. The quantitative estimate of drug-likeness (QED) is 0.920. The molecule has 20 heavy (non-hydrogen) atoms. The van der Waals surface area contributed by atoms with Crippen LogP contribution in [-0.4, -0.2) is 31.9 Å². The molecule has 0 heterocycles. The Morgan fingerprint density at radius 1 is 1.00 bits per heavy atom. The number of hydrogen-bond donors (Lipinski definition) is 1. The Labute approximate surface area is 126 Å². The number of phenols is 1. The highest BCUT2D eigenvalue weighted by atomic mass is 79.9. The van der Waals surface area contributed by atoms with Crippen LogP contribution >= 0.6 is 15.9 Å². The third-order valence-electron chi connectivity index (χ3n) is 2.85. The zero-order valence-corrected chi connectivity index (χ0v) is 13.4. The number of hydrogen-bond acceptors (Lipinski definition) is 3. The Kier molecular flexibility index (Phi) is 4.17. The van der Waals surface area contributed by atoms with Crippen molar-refractivity contribution in [2.24, 2.45) is 0 Å². The molecule has 0 aliphatic heterocycles. The van der Waals surface area contributed by atoms with Gasteiger partial charge in [0.2, 0.25) is 10.0 Å². The van der Waals surface area contributed by atoms with Crippen molar-refractivity contribution in [3.05, 3.63) is 46.9 Å². The summed E-state index contributed by atoms with van der Waals surface area (Å²) in [5.41, 5.74) is 1.64. The van der Waals surface area contributed by atoms with Gasteiger partial charge in [0.1, 0.15) is 5.75 Å². The van der Waals surface area contributed by atoms with Crippen molar-refractivity contribution in [2.45, 2.75) is 4.90 Å². The molecule has 0 atom stereocenters. The van der Waals surface area contributed by atoms with Crippen LogP contribution in [0.15, 0.2) is 51.8 Å². The molecular weight excluding hydrogens is 342 g/mol. The Balaban J connectivity index is 2.43. The molecule has 0 aromatic heterocycles. The molecule has 106 valence electrons. The second-order valence-corrected chi connectivity index (χ2v) is 7.58. The standard InChI is InChI=1S/C14H14BrNO3S/c1-16(2)20(18,19)14-5-3-10(4-6-14)11-7-12(15)9-13(17)8-11/h3-9,17H,1-2H3. The molecular formula is C14H14BrNO3S. The minimum atomic E-state index is -3.42. The summed E-state index contributed by atoms with van der Waals surface area (Å²) in [5, 5.41) is 9.58. The summed E-state index contributed by atoms with van der Waals surface area (Å²) in [5.74, 6) is 0.152. The van der Waals surface area contributed by atoms with Crippen LogP contribution in [0.5, 0.6) is 5.75 Å². The predicted octanol–water partition coefficient (Wildman–Crippen LogP) is 3.07. The number of nitrogens with zero attached hydrogens (tertiary/aromatic N) is 1. The Bertz CT molecular complexity index is 704. The lowest BCUT2D eigenvalue weighted by Crippen LogP contribution is -2.22. The molecule has 2 aromatic carbocycles. The van der Waals surface area contributed by atoms with Gasteiger partial charge in [0.25, 0.3) is 0 Å². The maximum Gasteiger partial charge on any atom is 0.242 e. The summed E-state index contributed by atoms with van der Waals surface area (Å²) in [7, 11) is -0.426. The molecule has 0 amide bonds. The van der Waals surface area contributed by atoms with E-state index in [1.807, 2.05) is 6.07 Å². The van der Waals surface area contributed by atoms with Gasteiger partial charge in [-0.1, -0.05) is 28.1 Å². The largest absolute Gasteiger partial charge is 0.508 e. The number of aromatic hydroxyl groups is 1. The molecule has 6 heteroatoms. The van der Waals surface area contributed by atoms with Crippen LogP contribution in [0.25, 0.3) is 11.1 Å². The van der Waals surface area contributed by atoms with Gasteiger partial charge in [-0.05, 0) is 41.5 Å². The lowest BCUT2D eigenvalue weighted by molar-refractivity contribution is 0.475. The molecule has 4 nitrogen and oxygen atoms in total.